The number of aliphatic imine (C=N–C) groups is 1. The molecule has 0 bridgehead atoms. The minimum absolute atomic E-state index is 0.00922. The highest BCUT2D eigenvalue weighted by atomic mass is 32.1. The van der Waals surface area contributed by atoms with E-state index in [0.717, 1.165) is 43.7 Å². The Hall–Kier alpha value is -2.51. The Kier molecular flexibility index (Phi) is 6.95. The Balaban J connectivity index is 1.76. The topological polar surface area (TPSA) is 83.6 Å². The molecule has 1 aliphatic rings. The maximum atomic E-state index is 13.0. The normalized spacial score (nSPS) is 17.4. The molecule has 7 heteroatoms. The molecule has 2 aromatic rings. The Morgan fingerprint density at radius 2 is 2.36 bits per heavy atom. The van der Waals surface area contributed by atoms with E-state index in [9.17, 15) is 4.79 Å². The molecule has 1 saturated heterocycles. The molecule has 1 aliphatic heterocycles. The van der Waals surface area contributed by atoms with Gasteiger partial charge in [-0.05, 0) is 44.0 Å². The summed E-state index contributed by atoms with van der Waals surface area (Å²) >= 11 is 1.41. The van der Waals surface area contributed by atoms with Gasteiger partial charge in [0, 0.05) is 42.5 Å². The van der Waals surface area contributed by atoms with Gasteiger partial charge in [0.15, 0.2) is 0 Å². The standard InChI is InChI=1S/C21H27N5OS/c1-3-9-26(18-7-8-23-13-18)21(27)19-14-28-20(25-19)16(11-22)12-24-17-6-4-5-15(2)10-17/h4-6,10-12,14,18,23H,3,7-9,13,22H2,1-2H3/b16-11+,24-12?/t18-/m0/s1. The second kappa shape index (κ2) is 9.61. The van der Waals surface area contributed by atoms with Crippen LogP contribution in [-0.4, -0.2) is 47.7 Å². The number of nitrogens with zero attached hydrogens (tertiary/aromatic N) is 3. The van der Waals surface area contributed by atoms with Gasteiger partial charge in [0.1, 0.15) is 10.7 Å². The van der Waals surface area contributed by atoms with Crippen molar-refractivity contribution in [2.45, 2.75) is 32.7 Å². The minimum Gasteiger partial charge on any atom is -0.404 e. The molecule has 28 heavy (non-hydrogen) atoms. The van der Waals surface area contributed by atoms with E-state index >= 15 is 0 Å². The predicted molar refractivity (Wildman–Crippen MR) is 116 cm³/mol. The summed E-state index contributed by atoms with van der Waals surface area (Å²) < 4.78 is 0. The Bertz CT molecular complexity index is 867. The van der Waals surface area contributed by atoms with Gasteiger partial charge in [0.25, 0.3) is 5.91 Å². The number of carbonyl (C=O) groups is 1. The highest BCUT2D eigenvalue weighted by Gasteiger charge is 2.28. The third-order valence-corrected chi connectivity index (χ3v) is 5.60. The number of nitrogens with one attached hydrogen (secondary N) is 1. The van der Waals surface area contributed by atoms with E-state index in [1.807, 2.05) is 41.5 Å². The fourth-order valence-electron chi connectivity index (χ4n) is 3.27. The molecule has 2 heterocycles. The maximum Gasteiger partial charge on any atom is 0.273 e. The fourth-order valence-corrected chi connectivity index (χ4v) is 4.05. The monoisotopic (exact) mass is 397 g/mol. The highest BCUT2D eigenvalue weighted by molar-refractivity contribution is 7.11. The van der Waals surface area contributed by atoms with Crippen LogP contribution in [0.25, 0.3) is 5.57 Å². The molecule has 3 N–H and O–H groups in total. The van der Waals surface area contributed by atoms with Crippen LogP contribution in [0.1, 0.15) is 40.8 Å². The Morgan fingerprint density at radius 1 is 1.50 bits per heavy atom. The van der Waals surface area contributed by atoms with E-state index in [0.29, 0.717) is 16.3 Å². The van der Waals surface area contributed by atoms with Crippen molar-refractivity contribution in [2.24, 2.45) is 10.7 Å². The maximum absolute atomic E-state index is 13.0. The molecule has 0 saturated carbocycles. The third-order valence-electron chi connectivity index (χ3n) is 4.70. The van der Waals surface area contributed by atoms with Crippen molar-refractivity contribution in [3.63, 3.8) is 0 Å². The summed E-state index contributed by atoms with van der Waals surface area (Å²) in [6, 6.07) is 8.17. The molecule has 6 nitrogen and oxygen atoms in total. The first kappa shape index (κ1) is 20.2. The van der Waals surface area contributed by atoms with E-state index in [2.05, 4.69) is 22.2 Å². The lowest BCUT2D eigenvalue weighted by Crippen LogP contribution is -2.42. The lowest BCUT2D eigenvalue weighted by Gasteiger charge is -2.27. The largest absolute Gasteiger partial charge is 0.404 e. The van der Waals surface area contributed by atoms with Crippen LogP contribution in [0.2, 0.25) is 0 Å². The van der Waals surface area contributed by atoms with Crippen LogP contribution in [0.3, 0.4) is 0 Å². The zero-order valence-corrected chi connectivity index (χ0v) is 17.2. The first-order valence-electron chi connectivity index (χ1n) is 9.62. The number of nitrogens with two attached hydrogens (primary N) is 1. The Labute approximate surface area is 170 Å². The number of allylic oxidation sites excluding steroid dienone is 1. The van der Waals surface area contributed by atoms with E-state index in [-0.39, 0.29) is 11.9 Å². The van der Waals surface area contributed by atoms with Crippen LogP contribution in [0.15, 0.2) is 40.8 Å². The van der Waals surface area contributed by atoms with Crippen molar-refractivity contribution in [1.82, 2.24) is 15.2 Å². The summed E-state index contributed by atoms with van der Waals surface area (Å²) in [7, 11) is 0. The predicted octanol–water partition coefficient (Wildman–Crippen LogP) is 3.37. The van der Waals surface area contributed by atoms with E-state index in [4.69, 9.17) is 5.73 Å². The molecule has 0 unspecified atom stereocenters. The molecule has 0 radical (unpaired) electrons. The molecule has 0 aliphatic carbocycles. The number of carbonyl (C=O) groups excluding carboxylic acids is 1. The first-order chi connectivity index (χ1) is 13.6. The number of rotatable bonds is 7. The van der Waals surface area contributed by atoms with Gasteiger partial charge in [0.2, 0.25) is 0 Å². The number of benzene rings is 1. The quantitative estimate of drug-likeness (QED) is 0.702. The van der Waals surface area contributed by atoms with E-state index < -0.39 is 0 Å². The molecule has 0 spiro atoms. The van der Waals surface area contributed by atoms with Gasteiger partial charge < -0.3 is 16.0 Å². The molecular formula is C21H27N5OS. The number of aromatic nitrogens is 1. The molecule has 1 amide bonds. The second-order valence-electron chi connectivity index (χ2n) is 6.90. The molecule has 1 fully saturated rings. The fraction of sp³-hybridized carbons (Fsp3) is 0.381. The third kappa shape index (κ3) is 4.85. The average molecular weight is 398 g/mol. The number of amides is 1. The summed E-state index contributed by atoms with van der Waals surface area (Å²) in [5.74, 6) is -0.00922. The minimum atomic E-state index is -0.00922. The summed E-state index contributed by atoms with van der Waals surface area (Å²) in [5, 5.41) is 5.84. The van der Waals surface area contributed by atoms with Crippen molar-refractivity contribution in [3.05, 3.63) is 52.1 Å². The zero-order chi connectivity index (χ0) is 19.9. The Morgan fingerprint density at radius 3 is 3.04 bits per heavy atom. The summed E-state index contributed by atoms with van der Waals surface area (Å²) in [6.45, 7) is 6.66. The zero-order valence-electron chi connectivity index (χ0n) is 16.4. The number of hydrogen-bond donors (Lipinski definition) is 2. The van der Waals surface area contributed by atoms with Crippen LogP contribution in [-0.2, 0) is 0 Å². The van der Waals surface area contributed by atoms with Crippen molar-refractivity contribution in [1.29, 1.82) is 0 Å². The van der Waals surface area contributed by atoms with Crippen LogP contribution < -0.4 is 11.1 Å². The van der Waals surface area contributed by atoms with Gasteiger partial charge in [-0.15, -0.1) is 11.3 Å². The van der Waals surface area contributed by atoms with Gasteiger partial charge in [-0.1, -0.05) is 19.1 Å². The van der Waals surface area contributed by atoms with Crippen molar-refractivity contribution in [2.75, 3.05) is 19.6 Å². The smallest absolute Gasteiger partial charge is 0.273 e. The molecule has 1 aromatic carbocycles. The molecule has 3 rings (SSSR count). The number of thiazole rings is 1. The summed E-state index contributed by atoms with van der Waals surface area (Å²) in [4.78, 5) is 24.0. The lowest BCUT2D eigenvalue weighted by molar-refractivity contribution is 0.0687. The summed E-state index contributed by atoms with van der Waals surface area (Å²) in [5.41, 5.74) is 8.98. The van der Waals surface area contributed by atoms with Gasteiger partial charge in [-0.3, -0.25) is 9.79 Å². The van der Waals surface area contributed by atoms with Crippen LogP contribution in [0.4, 0.5) is 5.69 Å². The second-order valence-corrected chi connectivity index (χ2v) is 7.76. The van der Waals surface area contributed by atoms with Gasteiger partial charge >= 0.3 is 0 Å². The van der Waals surface area contributed by atoms with E-state index in [1.165, 1.54) is 17.5 Å². The van der Waals surface area contributed by atoms with Gasteiger partial charge in [-0.25, -0.2) is 4.98 Å². The van der Waals surface area contributed by atoms with E-state index in [1.54, 1.807) is 6.21 Å². The van der Waals surface area contributed by atoms with Gasteiger partial charge in [0.05, 0.1) is 5.69 Å². The molecule has 1 atom stereocenters. The van der Waals surface area contributed by atoms with Crippen LogP contribution >= 0.6 is 11.3 Å². The SMILES string of the molecule is CCCN(C(=O)c1csc(/C(C=Nc2cccc(C)c2)=C/N)n1)[C@H]1CCNC1. The van der Waals surface area contributed by atoms with Crippen molar-refractivity contribution < 1.29 is 4.79 Å². The van der Waals surface area contributed by atoms with Crippen LogP contribution in [0, 0.1) is 6.92 Å². The molecular weight excluding hydrogens is 370 g/mol. The van der Waals surface area contributed by atoms with Gasteiger partial charge in [-0.2, -0.15) is 0 Å². The highest BCUT2D eigenvalue weighted by Crippen LogP contribution is 2.22. The summed E-state index contributed by atoms with van der Waals surface area (Å²) in [6.07, 6.45) is 5.10. The number of aryl methyl sites for hydroxylation is 1. The lowest BCUT2D eigenvalue weighted by atomic mass is 10.2. The average Bonchev–Trinajstić information content (AvgIpc) is 3.38. The molecule has 148 valence electrons. The first-order valence-corrected chi connectivity index (χ1v) is 10.5. The van der Waals surface area contributed by atoms with Crippen LogP contribution in [0.5, 0.6) is 0 Å². The number of hydrogen-bond acceptors (Lipinski definition) is 6. The van der Waals surface area contributed by atoms with Crippen molar-refractivity contribution >= 4 is 34.7 Å². The van der Waals surface area contributed by atoms with Crippen molar-refractivity contribution in [3.8, 4) is 0 Å². The molecule has 1 aromatic heterocycles.